The van der Waals surface area contributed by atoms with Gasteiger partial charge in [0.1, 0.15) is 11.5 Å². The highest BCUT2D eigenvalue weighted by atomic mass is 16.5. The fraction of sp³-hybridized carbons (Fsp3) is 0.316. The van der Waals surface area contributed by atoms with Gasteiger partial charge in [0.15, 0.2) is 6.73 Å². The molecule has 2 N–H and O–H groups in total. The van der Waals surface area contributed by atoms with Gasteiger partial charge in [-0.2, -0.15) is 0 Å². The van der Waals surface area contributed by atoms with E-state index >= 15 is 0 Å². The first-order valence-corrected chi connectivity index (χ1v) is 7.94. The number of hydrogen-bond donors (Lipinski definition) is 2. The smallest absolute Gasteiger partial charge is 0.317 e. The van der Waals surface area contributed by atoms with Crippen molar-refractivity contribution in [3.63, 3.8) is 0 Å². The number of amides is 2. The van der Waals surface area contributed by atoms with Crippen LogP contribution in [0.3, 0.4) is 0 Å². The van der Waals surface area contributed by atoms with Crippen LogP contribution in [0.1, 0.15) is 16.7 Å². The maximum atomic E-state index is 11.8. The Morgan fingerprint density at radius 2 is 1.83 bits per heavy atom. The number of carbonyl (C=O) groups is 1. The first kappa shape index (κ1) is 17.7. The van der Waals surface area contributed by atoms with Crippen molar-refractivity contribution in [2.45, 2.75) is 20.3 Å². The van der Waals surface area contributed by atoms with Crippen LogP contribution in [-0.4, -0.2) is 26.4 Å². The Morgan fingerprint density at radius 3 is 2.58 bits per heavy atom. The van der Waals surface area contributed by atoms with Crippen LogP contribution in [0.15, 0.2) is 42.5 Å². The van der Waals surface area contributed by atoms with Crippen molar-refractivity contribution in [3.05, 3.63) is 59.2 Å². The van der Waals surface area contributed by atoms with Crippen LogP contribution in [0.2, 0.25) is 0 Å². The van der Waals surface area contributed by atoms with Crippen LogP contribution in [-0.2, 0) is 6.42 Å². The standard InChI is InChI=1S/C19H24N2O3/c1-14-8-9-17(12-15(14)2)24-13-21-19(22)20-11-10-16-6-4-5-7-18(16)23-3/h4-9,12H,10-11,13H2,1-3H3,(H2,20,21,22). The molecule has 0 heterocycles. The molecular weight excluding hydrogens is 304 g/mol. The third kappa shape index (κ3) is 5.19. The van der Waals surface area contributed by atoms with Gasteiger partial charge < -0.3 is 20.1 Å². The summed E-state index contributed by atoms with van der Waals surface area (Å²) in [6, 6.07) is 13.4. The molecule has 2 amide bonds. The number of hydrogen-bond acceptors (Lipinski definition) is 3. The number of carbonyl (C=O) groups excluding carboxylic acids is 1. The number of methoxy groups -OCH3 is 1. The summed E-state index contributed by atoms with van der Waals surface area (Å²) in [4.78, 5) is 11.8. The average molecular weight is 328 g/mol. The van der Waals surface area contributed by atoms with Gasteiger partial charge in [0, 0.05) is 6.54 Å². The third-order valence-corrected chi connectivity index (χ3v) is 3.82. The summed E-state index contributed by atoms with van der Waals surface area (Å²) in [5.74, 6) is 1.57. The van der Waals surface area contributed by atoms with Gasteiger partial charge in [-0.15, -0.1) is 0 Å². The van der Waals surface area contributed by atoms with Crippen LogP contribution in [0.4, 0.5) is 4.79 Å². The van der Waals surface area contributed by atoms with Crippen LogP contribution >= 0.6 is 0 Å². The van der Waals surface area contributed by atoms with E-state index in [0.717, 1.165) is 22.6 Å². The van der Waals surface area contributed by atoms with E-state index in [2.05, 4.69) is 10.6 Å². The number of urea groups is 1. The predicted molar refractivity (Wildman–Crippen MR) is 94.6 cm³/mol. The largest absolute Gasteiger partial charge is 0.496 e. The van der Waals surface area contributed by atoms with Gasteiger partial charge in [0.2, 0.25) is 0 Å². The summed E-state index contributed by atoms with van der Waals surface area (Å²) in [6.07, 6.45) is 0.704. The summed E-state index contributed by atoms with van der Waals surface area (Å²) in [7, 11) is 1.64. The SMILES string of the molecule is COc1ccccc1CCNC(=O)NCOc1ccc(C)c(C)c1. The second kappa shape index (κ2) is 8.82. The second-order valence-electron chi connectivity index (χ2n) is 5.53. The molecule has 0 aliphatic carbocycles. The van der Waals surface area contributed by atoms with E-state index in [0.29, 0.717) is 13.0 Å². The Balaban J connectivity index is 1.69. The zero-order valence-corrected chi connectivity index (χ0v) is 14.4. The molecule has 0 saturated carbocycles. The Hall–Kier alpha value is -2.69. The summed E-state index contributed by atoms with van der Waals surface area (Å²) in [5.41, 5.74) is 3.44. The van der Waals surface area contributed by atoms with Crippen molar-refractivity contribution in [2.75, 3.05) is 20.4 Å². The number of ether oxygens (including phenoxy) is 2. The van der Waals surface area contributed by atoms with Crippen molar-refractivity contribution in [3.8, 4) is 11.5 Å². The first-order chi connectivity index (χ1) is 11.6. The Morgan fingerprint density at radius 1 is 1.04 bits per heavy atom. The molecule has 0 unspecified atom stereocenters. The van der Waals surface area contributed by atoms with Gasteiger partial charge in [-0.3, -0.25) is 0 Å². The Labute approximate surface area is 143 Å². The van der Waals surface area contributed by atoms with E-state index < -0.39 is 0 Å². The summed E-state index contributed by atoms with van der Waals surface area (Å²) in [6.45, 7) is 4.73. The molecule has 0 fully saturated rings. The first-order valence-electron chi connectivity index (χ1n) is 7.94. The fourth-order valence-electron chi connectivity index (χ4n) is 2.27. The number of rotatable bonds is 7. The second-order valence-corrected chi connectivity index (χ2v) is 5.53. The zero-order chi connectivity index (χ0) is 17.4. The maximum absolute atomic E-state index is 11.8. The van der Waals surface area contributed by atoms with Crippen LogP contribution < -0.4 is 20.1 Å². The third-order valence-electron chi connectivity index (χ3n) is 3.82. The molecule has 0 radical (unpaired) electrons. The van der Waals surface area contributed by atoms with Gasteiger partial charge in [-0.1, -0.05) is 24.3 Å². The summed E-state index contributed by atoms with van der Waals surface area (Å²) >= 11 is 0. The van der Waals surface area contributed by atoms with Crippen molar-refractivity contribution >= 4 is 6.03 Å². The van der Waals surface area contributed by atoms with E-state index in [4.69, 9.17) is 9.47 Å². The molecule has 0 spiro atoms. The van der Waals surface area contributed by atoms with E-state index in [1.807, 2.05) is 56.3 Å². The molecule has 24 heavy (non-hydrogen) atoms. The molecule has 0 aliphatic rings. The van der Waals surface area contributed by atoms with Crippen molar-refractivity contribution in [2.24, 2.45) is 0 Å². The van der Waals surface area contributed by atoms with Crippen molar-refractivity contribution < 1.29 is 14.3 Å². The fourth-order valence-corrected chi connectivity index (χ4v) is 2.27. The van der Waals surface area contributed by atoms with Gasteiger partial charge >= 0.3 is 6.03 Å². The van der Waals surface area contributed by atoms with Crippen LogP contribution in [0, 0.1) is 13.8 Å². The van der Waals surface area contributed by atoms with Gasteiger partial charge in [-0.25, -0.2) is 4.79 Å². The average Bonchev–Trinajstić information content (AvgIpc) is 2.58. The zero-order valence-electron chi connectivity index (χ0n) is 14.4. The lowest BCUT2D eigenvalue weighted by molar-refractivity contribution is 0.224. The highest BCUT2D eigenvalue weighted by Gasteiger charge is 2.04. The van der Waals surface area contributed by atoms with E-state index in [1.54, 1.807) is 7.11 Å². The number of benzene rings is 2. The molecule has 128 valence electrons. The number of nitrogens with one attached hydrogen (secondary N) is 2. The highest BCUT2D eigenvalue weighted by Crippen LogP contribution is 2.17. The minimum atomic E-state index is -0.256. The summed E-state index contributed by atoms with van der Waals surface area (Å²) < 4.78 is 10.8. The van der Waals surface area contributed by atoms with E-state index in [9.17, 15) is 4.79 Å². The molecule has 2 aromatic carbocycles. The minimum Gasteiger partial charge on any atom is -0.496 e. The van der Waals surface area contributed by atoms with Gasteiger partial charge in [0.05, 0.1) is 7.11 Å². The van der Waals surface area contributed by atoms with Gasteiger partial charge in [-0.05, 0) is 55.2 Å². The van der Waals surface area contributed by atoms with Crippen molar-refractivity contribution in [1.82, 2.24) is 10.6 Å². The molecule has 0 aliphatic heterocycles. The molecule has 5 nitrogen and oxygen atoms in total. The predicted octanol–water partition coefficient (Wildman–Crippen LogP) is 3.19. The molecule has 2 rings (SSSR count). The highest BCUT2D eigenvalue weighted by molar-refractivity contribution is 5.73. The van der Waals surface area contributed by atoms with Gasteiger partial charge in [0.25, 0.3) is 0 Å². The molecule has 0 atom stereocenters. The van der Waals surface area contributed by atoms with Crippen LogP contribution in [0.5, 0.6) is 11.5 Å². The molecule has 0 bridgehead atoms. The van der Waals surface area contributed by atoms with E-state index in [-0.39, 0.29) is 12.8 Å². The monoisotopic (exact) mass is 328 g/mol. The Kier molecular flexibility index (Phi) is 6.49. The lowest BCUT2D eigenvalue weighted by atomic mass is 10.1. The van der Waals surface area contributed by atoms with Crippen molar-refractivity contribution in [1.29, 1.82) is 0 Å². The molecular formula is C19H24N2O3. The molecule has 2 aromatic rings. The van der Waals surface area contributed by atoms with E-state index in [1.165, 1.54) is 5.56 Å². The summed E-state index contributed by atoms with van der Waals surface area (Å²) in [5, 5.41) is 5.48. The topological polar surface area (TPSA) is 59.6 Å². The maximum Gasteiger partial charge on any atom is 0.317 e. The number of para-hydroxylation sites is 1. The van der Waals surface area contributed by atoms with Crippen LogP contribution in [0.25, 0.3) is 0 Å². The molecule has 0 aromatic heterocycles. The Bertz CT molecular complexity index is 686. The molecule has 0 saturated heterocycles. The lowest BCUT2D eigenvalue weighted by Gasteiger charge is -2.11. The minimum absolute atomic E-state index is 0.128. The number of aryl methyl sites for hydroxylation is 2. The lowest BCUT2D eigenvalue weighted by Crippen LogP contribution is -2.38. The molecule has 5 heteroatoms. The quantitative estimate of drug-likeness (QED) is 0.768. The normalized spacial score (nSPS) is 10.1.